The van der Waals surface area contributed by atoms with Crippen molar-refractivity contribution in [2.45, 2.75) is 19.9 Å². The lowest BCUT2D eigenvalue weighted by molar-refractivity contribution is 0.0780. The van der Waals surface area contributed by atoms with Gasteiger partial charge in [-0.1, -0.05) is 6.92 Å². The van der Waals surface area contributed by atoms with Crippen molar-refractivity contribution in [2.75, 3.05) is 32.6 Å². The van der Waals surface area contributed by atoms with Crippen LogP contribution in [0, 0.1) is 12.8 Å². The van der Waals surface area contributed by atoms with Gasteiger partial charge in [0.25, 0.3) is 5.91 Å². The number of amides is 1. The van der Waals surface area contributed by atoms with E-state index in [4.69, 9.17) is 5.84 Å². The van der Waals surface area contributed by atoms with Crippen LogP contribution in [-0.4, -0.2) is 48.9 Å². The Morgan fingerprint density at radius 2 is 2.10 bits per heavy atom. The average molecular weight is 276 g/mol. The van der Waals surface area contributed by atoms with Gasteiger partial charge in [-0.05, 0) is 50.7 Å². The molecular weight excluding hydrogens is 252 g/mol. The Hall–Kier alpha value is -1.59. The van der Waals surface area contributed by atoms with E-state index in [0.717, 1.165) is 29.9 Å². The van der Waals surface area contributed by atoms with Gasteiger partial charge in [0.1, 0.15) is 0 Å². The van der Waals surface area contributed by atoms with E-state index >= 15 is 0 Å². The Balaban J connectivity index is 2.16. The standard InChI is InChI=1S/C15H24N4O/c1-10-7-12(17-16)5-6-13(10)15(20)19-8-11(2)14(9-19)18(3)4/h5-7,11,14,17H,8-9,16H2,1-4H3. The van der Waals surface area contributed by atoms with Crippen LogP contribution in [0.4, 0.5) is 5.69 Å². The highest BCUT2D eigenvalue weighted by atomic mass is 16.2. The number of rotatable bonds is 3. The summed E-state index contributed by atoms with van der Waals surface area (Å²) in [7, 11) is 4.14. The van der Waals surface area contributed by atoms with Crippen molar-refractivity contribution < 1.29 is 4.79 Å². The molecule has 20 heavy (non-hydrogen) atoms. The minimum atomic E-state index is 0.113. The summed E-state index contributed by atoms with van der Waals surface area (Å²) in [6.07, 6.45) is 0. The molecule has 0 saturated carbocycles. The summed E-state index contributed by atoms with van der Waals surface area (Å²) in [6.45, 7) is 5.75. The average Bonchev–Trinajstić information content (AvgIpc) is 2.80. The summed E-state index contributed by atoms with van der Waals surface area (Å²) in [4.78, 5) is 16.8. The zero-order valence-corrected chi connectivity index (χ0v) is 12.7. The minimum Gasteiger partial charge on any atom is -0.337 e. The second kappa shape index (κ2) is 5.81. The van der Waals surface area contributed by atoms with Gasteiger partial charge in [0.2, 0.25) is 0 Å². The van der Waals surface area contributed by atoms with Gasteiger partial charge >= 0.3 is 0 Å². The number of carbonyl (C=O) groups excluding carboxylic acids is 1. The highest BCUT2D eigenvalue weighted by Crippen LogP contribution is 2.23. The fourth-order valence-electron chi connectivity index (χ4n) is 2.95. The minimum absolute atomic E-state index is 0.113. The van der Waals surface area contributed by atoms with Crippen LogP contribution in [0.15, 0.2) is 18.2 Å². The lowest BCUT2D eigenvalue weighted by Gasteiger charge is -2.22. The number of nitrogen functional groups attached to an aromatic ring is 1. The number of nitrogens with zero attached hydrogens (tertiary/aromatic N) is 2. The van der Waals surface area contributed by atoms with Crippen LogP contribution in [0.1, 0.15) is 22.8 Å². The zero-order chi connectivity index (χ0) is 14.9. The summed E-state index contributed by atoms with van der Waals surface area (Å²) in [5.41, 5.74) is 5.13. The second-order valence-electron chi connectivity index (χ2n) is 5.89. The molecule has 5 heteroatoms. The van der Waals surface area contributed by atoms with Gasteiger partial charge in [0.15, 0.2) is 0 Å². The first-order valence-corrected chi connectivity index (χ1v) is 6.97. The molecule has 5 nitrogen and oxygen atoms in total. The summed E-state index contributed by atoms with van der Waals surface area (Å²) in [5.74, 6) is 6.00. The third kappa shape index (κ3) is 2.78. The first kappa shape index (κ1) is 14.8. The normalized spacial score (nSPS) is 22.4. The maximum atomic E-state index is 12.6. The van der Waals surface area contributed by atoms with E-state index in [0.29, 0.717) is 12.0 Å². The topological polar surface area (TPSA) is 61.6 Å². The van der Waals surface area contributed by atoms with E-state index in [1.807, 2.05) is 30.0 Å². The first-order valence-electron chi connectivity index (χ1n) is 6.97. The molecule has 1 saturated heterocycles. The number of hydrazine groups is 1. The van der Waals surface area contributed by atoms with Crippen molar-refractivity contribution in [3.05, 3.63) is 29.3 Å². The molecule has 1 aliphatic rings. The largest absolute Gasteiger partial charge is 0.337 e. The van der Waals surface area contributed by atoms with Gasteiger partial charge in [-0.3, -0.25) is 10.6 Å². The molecule has 1 fully saturated rings. The molecule has 3 N–H and O–H groups in total. The molecule has 1 heterocycles. The van der Waals surface area contributed by atoms with E-state index in [1.54, 1.807) is 0 Å². The second-order valence-corrected chi connectivity index (χ2v) is 5.89. The van der Waals surface area contributed by atoms with Crippen molar-refractivity contribution in [1.29, 1.82) is 0 Å². The molecule has 1 aromatic carbocycles. The van der Waals surface area contributed by atoms with Crippen LogP contribution < -0.4 is 11.3 Å². The van der Waals surface area contributed by atoms with Crippen LogP contribution in [0.3, 0.4) is 0 Å². The van der Waals surface area contributed by atoms with Crippen LogP contribution in [0.5, 0.6) is 0 Å². The van der Waals surface area contributed by atoms with Crippen molar-refractivity contribution in [2.24, 2.45) is 11.8 Å². The highest BCUT2D eigenvalue weighted by molar-refractivity contribution is 5.96. The Morgan fingerprint density at radius 3 is 2.60 bits per heavy atom. The molecule has 2 unspecified atom stereocenters. The number of carbonyl (C=O) groups is 1. The van der Waals surface area contributed by atoms with E-state index in [2.05, 4.69) is 31.3 Å². The Morgan fingerprint density at radius 1 is 1.40 bits per heavy atom. The van der Waals surface area contributed by atoms with Gasteiger partial charge in [0.05, 0.1) is 0 Å². The molecule has 0 spiro atoms. The molecule has 0 radical (unpaired) electrons. The predicted molar refractivity (Wildman–Crippen MR) is 81.5 cm³/mol. The van der Waals surface area contributed by atoms with Crippen LogP contribution in [-0.2, 0) is 0 Å². The van der Waals surface area contributed by atoms with E-state index in [1.165, 1.54) is 0 Å². The number of likely N-dealkylation sites (tertiary alicyclic amines) is 1. The third-order valence-corrected chi connectivity index (χ3v) is 4.15. The molecule has 110 valence electrons. The first-order chi connectivity index (χ1) is 9.43. The summed E-state index contributed by atoms with van der Waals surface area (Å²) in [6, 6.07) is 6.02. The Kier molecular flexibility index (Phi) is 4.30. The highest BCUT2D eigenvalue weighted by Gasteiger charge is 2.34. The Bertz CT molecular complexity index is 501. The number of anilines is 1. The van der Waals surface area contributed by atoms with Crippen molar-refractivity contribution in [3.8, 4) is 0 Å². The van der Waals surface area contributed by atoms with Crippen molar-refractivity contribution in [1.82, 2.24) is 9.80 Å². The number of hydrogen-bond donors (Lipinski definition) is 2. The molecular formula is C15H24N4O. The van der Waals surface area contributed by atoms with Crippen LogP contribution in [0.2, 0.25) is 0 Å². The fourth-order valence-corrected chi connectivity index (χ4v) is 2.95. The van der Waals surface area contributed by atoms with Crippen molar-refractivity contribution >= 4 is 11.6 Å². The molecule has 1 aromatic rings. The maximum Gasteiger partial charge on any atom is 0.254 e. The third-order valence-electron chi connectivity index (χ3n) is 4.15. The number of hydrogen-bond acceptors (Lipinski definition) is 4. The predicted octanol–water partition coefficient (Wildman–Crippen LogP) is 1.30. The van der Waals surface area contributed by atoms with Gasteiger partial charge in [-0.2, -0.15) is 0 Å². The lowest BCUT2D eigenvalue weighted by Crippen LogP contribution is -2.36. The number of nitrogens with two attached hydrogens (primary N) is 1. The number of benzene rings is 1. The number of likely N-dealkylation sites (N-methyl/N-ethyl adjacent to an activating group) is 1. The van der Waals surface area contributed by atoms with Gasteiger partial charge < -0.3 is 15.2 Å². The SMILES string of the molecule is Cc1cc(NN)ccc1C(=O)N1CC(C)C(N(C)C)C1. The molecule has 0 aliphatic carbocycles. The van der Waals surface area contributed by atoms with E-state index in [-0.39, 0.29) is 5.91 Å². The molecule has 2 atom stereocenters. The molecule has 0 bridgehead atoms. The van der Waals surface area contributed by atoms with Crippen molar-refractivity contribution in [3.63, 3.8) is 0 Å². The van der Waals surface area contributed by atoms with Crippen LogP contribution in [0.25, 0.3) is 0 Å². The van der Waals surface area contributed by atoms with Gasteiger partial charge in [-0.25, -0.2) is 0 Å². The summed E-state index contributed by atoms with van der Waals surface area (Å²) in [5, 5.41) is 0. The summed E-state index contributed by atoms with van der Waals surface area (Å²) < 4.78 is 0. The van der Waals surface area contributed by atoms with E-state index < -0.39 is 0 Å². The molecule has 1 amide bonds. The van der Waals surface area contributed by atoms with E-state index in [9.17, 15) is 4.79 Å². The number of aryl methyl sites for hydroxylation is 1. The quantitative estimate of drug-likeness (QED) is 0.645. The van der Waals surface area contributed by atoms with Gasteiger partial charge in [0, 0.05) is 30.4 Å². The number of nitrogens with one attached hydrogen (secondary N) is 1. The van der Waals surface area contributed by atoms with Crippen LogP contribution >= 0.6 is 0 Å². The maximum absolute atomic E-state index is 12.6. The molecule has 1 aliphatic heterocycles. The smallest absolute Gasteiger partial charge is 0.254 e. The van der Waals surface area contributed by atoms with Gasteiger partial charge in [-0.15, -0.1) is 0 Å². The zero-order valence-electron chi connectivity index (χ0n) is 12.7. The molecule has 0 aromatic heterocycles. The fraction of sp³-hybridized carbons (Fsp3) is 0.533. The Labute approximate surface area is 120 Å². The lowest BCUT2D eigenvalue weighted by atomic mass is 10.1. The molecule has 2 rings (SSSR count). The summed E-state index contributed by atoms with van der Waals surface area (Å²) >= 11 is 0. The monoisotopic (exact) mass is 276 g/mol.